The molecule has 1 aliphatic rings. The highest BCUT2D eigenvalue weighted by molar-refractivity contribution is 5.82. The van der Waals surface area contributed by atoms with Crippen LogP contribution in [0.15, 0.2) is 24.8 Å². The summed E-state index contributed by atoms with van der Waals surface area (Å²) in [6, 6.07) is 0. The fraction of sp³-hybridized carbons (Fsp3) is 0.641. The van der Waals surface area contributed by atoms with E-state index in [2.05, 4.69) is 82.8 Å². The van der Waals surface area contributed by atoms with Crippen molar-refractivity contribution in [3.63, 3.8) is 0 Å². The first-order valence-electron chi connectivity index (χ1n) is 20.2. The number of rotatable bonds is 16. The highest BCUT2D eigenvalue weighted by Gasteiger charge is 2.22. The summed E-state index contributed by atoms with van der Waals surface area (Å²) in [4.78, 5) is 80.6. The van der Waals surface area contributed by atoms with Gasteiger partial charge in [-0.3, -0.25) is 9.59 Å². The van der Waals surface area contributed by atoms with Gasteiger partial charge in [-0.05, 0) is 19.8 Å². The lowest BCUT2D eigenvalue weighted by Gasteiger charge is -2.35. The van der Waals surface area contributed by atoms with E-state index in [0.29, 0.717) is 50.3 Å². The summed E-state index contributed by atoms with van der Waals surface area (Å²) in [6.45, 7) is 22.6. The number of anilines is 2. The third kappa shape index (κ3) is 17.9. The normalized spacial score (nSPS) is 11.7. The van der Waals surface area contributed by atoms with Crippen LogP contribution < -0.4 is 20.4 Å². The summed E-state index contributed by atoms with van der Waals surface area (Å²) in [5.41, 5.74) is 1.49. The summed E-state index contributed by atoms with van der Waals surface area (Å²) >= 11 is 0. The van der Waals surface area contributed by atoms with Crippen LogP contribution in [0.5, 0.6) is 0 Å². The molecule has 1 aliphatic heterocycles. The zero-order valence-corrected chi connectivity index (χ0v) is 35.9. The summed E-state index contributed by atoms with van der Waals surface area (Å²) in [7, 11) is 1.25. The van der Waals surface area contributed by atoms with E-state index >= 15 is 0 Å². The van der Waals surface area contributed by atoms with Crippen LogP contribution in [0.25, 0.3) is 11.3 Å². The number of aromatic nitrogens is 6. The molecular formula is C39H68N12O6. The zero-order valence-electron chi connectivity index (χ0n) is 35.9. The van der Waals surface area contributed by atoms with Crippen LogP contribution >= 0.6 is 0 Å². The van der Waals surface area contributed by atoms with E-state index in [0.717, 1.165) is 43.0 Å². The van der Waals surface area contributed by atoms with E-state index in [4.69, 9.17) is 4.74 Å². The largest absolute Gasteiger partial charge is 0.453 e. The van der Waals surface area contributed by atoms with Gasteiger partial charge in [-0.1, -0.05) is 68.2 Å². The Balaban J connectivity index is 0.00000188. The number of nitrogens with zero attached hydrogens (tertiary/aromatic N) is 8. The molecule has 18 heteroatoms. The molecule has 320 valence electrons. The Bertz CT molecular complexity index is 1550. The number of carbonyl (C=O) groups is 4. The minimum absolute atomic E-state index is 0.146. The summed E-state index contributed by atoms with van der Waals surface area (Å²) < 4.78 is 9.38. The first-order chi connectivity index (χ1) is 27.6. The molecule has 0 aliphatic carbocycles. The molecule has 1 saturated heterocycles. The number of hydrogen-bond acceptors (Lipinski definition) is 12. The minimum atomic E-state index is -0.651. The third-order valence-corrected chi connectivity index (χ3v) is 7.70. The van der Waals surface area contributed by atoms with E-state index in [-0.39, 0.29) is 38.1 Å². The number of piperazine rings is 1. The molecule has 18 nitrogen and oxygen atoms in total. The number of nitrogens with one attached hydrogen (secondary N) is 4. The topological polar surface area (TPSA) is 207 Å². The average Bonchev–Trinajstić information content (AvgIpc) is 3.90. The summed E-state index contributed by atoms with van der Waals surface area (Å²) in [5.74, 6) is 2.31. The second kappa shape index (κ2) is 28.9. The lowest BCUT2D eigenvalue weighted by atomic mass is 10.2. The van der Waals surface area contributed by atoms with Gasteiger partial charge >= 0.3 is 12.2 Å². The van der Waals surface area contributed by atoms with Crippen molar-refractivity contribution in [2.75, 3.05) is 75.9 Å². The Hall–Kier alpha value is -5.42. The molecule has 57 heavy (non-hydrogen) atoms. The van der Waals surface area contributed by atoms with Crippen LogP contribution in [0.1, 0.15) is 99.6 Å². The summed E-state index contributed by atoms with van der Waals surface area (Å²) in [5, 5.41) is 4.90. The molecule has 3 aromatic rings. The molecule has 0 aromatic carbocycles. The first-order valence-corrected chi connectivity index (χ1v) is 20.2. The van der Waals surface area contributed by atoms with Crippen LogP contribution in [-0.4, -0.2) is 130 Å². The quantitative estimate of drug-likeness (QED) is 0.145. The number of aromatic amines is 2. The van der Waals surface area contributed by atoms with Crippen molar-refractivity contribution in [3.05, 3.63) is 36.4 Å². The van der Waals surface area contributed by atoms with Crippen LogP contribution in [0, 0.1) is 0 Å². The first kappa shape index (κ1) is 49.6. The fourth-order valence-corrected chi connectivity index (χ4v) is 5.21. The van der Waals surface area contributed by atoms with Gasteiger partial charge in [0.1, 0.15) is 30.6 Å². The molecule has 0 spiro atoms. The van der Waals surface area contributed by atoms with Crippen LogP contribution in [0.3, 0.4) is 0 Å². The summed E-state index contributed by atoms with van der Waals surface area (Å²) in [6.07, 6.45) is 9.70. The lowest BCUT2D eigenvalue weighted by molar-refractivity contribution is -0.131. The van der Waals surface area contributed by atoms with Crippen molar-refractivity contribution in [1.82, 2.24) is 50.3 Å². The van der Waals surface area contributed by atoms with Gasteiger partial charge in [0.15, 0.2) is 0 Å². The molecule has 0 atom stereocenters. The van der Waals surface area contributed by atoms with Crippen molar-refractivity contribution in [2.45, 2.75) is 101 Å². The number of amides is 4. The van der Waals surface area contributed by atoms with Crippen molar-refractivity contribution in [2.24, 2.45) is 0 Å². The van der Waals surface area contributed by atoms with Gasteiger partial charge in [0, 0.05) is 57.2 Å². The standard InChI is InChI=1S/C31H46N12O6.2C3H8.C2H6/c1-5-8-42(28(45)19-37-31(47)49-7-3)20-24-32-16-23(38-24)22-14-34-29(35-15-22)41-12-10-40(11-13-41)26-17-33-25(39-26)21-43(9-6-2)27(44)18-36-30(46)48-4;2*1-3-2;1-2/h14-17H,5-13,18-21H2,1-4H3,(H,32,38)(H,33,39)(H,36,46)(H,37,47);2*3H2,1-2H3;1-2H3. The fourth-order valence-electron chi connectivity index (χ4n) is 5.21. The highest BCUT2D eigenvalue weighted by Crippen LogP contribution is 2.20. The molecule has 4 rings (SSSR count). The molecule has 0 radical (unpaired) electrons. The number of hydrogen-bond donors (Lipinski definition) is 4. The van der Waals surface area contributed by atoms with Crippen molar-refractivity contribution in [1.29, 1.82) is 0 Å². The Kier molecular flexibility index (Phi) is 25.2. The van der Waals surface area contributed by atoms with Crippen LogP contribution in [-0.2, 0) is 32.2 Å². The van der Waals surface area contributed by atoms with Gasteiger partial charge < -0.3 is 49.7 Å². The monoisotopic (exact) mass is 801 g/mol. The number of imidazole rings is 2. The number of carbonyl (C=O) groups excluding carboxylic acids is 4. The molecular weight excluding hydrogens is 733 g/mol. The predicted molar refractivity (Wildman–Crippen MR) is 223 cm³/mol. The number of alkyl carbamates (subject to hydrolysis) is 2. The second-order valence-corrected chi connectivity index (χ2v) is 12.7. The Morgan fingerprint density at radius 2 is 1.16 bits per heavy atom. The van der Waals surface area contributed by atoms with Gasteiger partial charge in [0.05, 0.1) is 44.9 Å². The Morgan fingerprint density at radius 1 is 0.684 bits per heavy atom. The van der Waals surface area contributed by atoms with E-state index in [1.807, 2.05) is 27.7 Å². The molecule has 0 unspecified atom stereocenters. The van der Waals surface area contributed by atoms with Crippen molar-refractivity contribution < 1.29 is 28.7 Å². The van der Waals surface area contributed by atoms with E-state index in [9.17, 15) is 19.2 Å². The molecule has 1 fully saturated rings. The Labute approximate surface area is 338 Å². The van der Waals surface area contributed by atoms with Crippen molar-refractivity contribution >= 4 is 35.8 Å². The van der Waals surface area contributed by atoms with Gasteiger partial charge in [-0.2, -0.15) is 0 Å². The predicted octanol–water partition coefficient (Wildman–Crippen LogP) is 5.35. The van der Waals surface area contributed by atoms with Gasteiger partial charge in [0.2, 0.25) is 17.8 Å². The molecule has 0 saturated carbocycles. The van der Waals surface area contributed by atoms with Gasteiger partial charge in [-0.15, -0.1) is 0 Å². The second-order valence-electron chi connectivity index (χ2n) is 12.7. The van der Waals surface area contributed by atoms with E-state index < -0.39 is 12.2 Å². The van der Waals surface area contributed by atoms with Gasteiger partial charge in [-0.25, -0.2) is 29.5 Å². The van der Waals surface area contributed by atoms with Crippen LogP contribution in [0.2, 0.25) is 0 Å². The maximum Gasteiger partial charge on any atom is 0.407 e. The SMILES string of the molecule is CC.CCC.CCC.CCCN(Cc1ncc(-c2cnc(N3CCN(c4cnc(CN(CCC)C(=O)CNC(=O)OC)[nH]4)CC3)nc2)[nH]1)C(=O)CNC(=O)OCC. The molecule has 4 amide bonds. The molecule has 3 aromatic heterocycles. The van der Waals surface area contributed by atoms with Gasteiger partial charge in [0.25, 0.3) is 0 Å². The smallest absolute Gasteiger partial charge is 0.407 e. The zero-order chi connectivity index (χ0) is 42.6. The number of methoxy groups -OCH3 is 1. The molecule has 0 bridgehead atoms. The van der Waals surface area contributed by atoms with Crippen molar-refractivity contribution in [3.8, 4) is 11.3 Å². The van der Waals surface area contributed by atoms with E-state index in [1.54, 1.807) is 41.5 Å². The maximum absolute atomic E-state index is 12.7. The Morgan fingerprint density at radius 3 is 1.65 bits per heavy atom. The third-order valence-electron chi connectivity index (χ3n) is 7.70. The maximum atomic E-state index is 12.7. The average molecular weight is 801 g/mol. The van der Waals surface area contributed by atoms with Crippen LogP contribution in [0.4, 0.5) is 21.4 Å². The van der Waals surface area contributed by atoms with E-state index in [1.165, 1.54) is 20.0 Å². The number of H-pyrrole nitrogens is 2. The highest BCUT2D eigenvalue weighted by atomic mass is 16.5. The molecule has 4 heterocycles. The minimum Gasteiger partial charge on any atom is -0.453 e. The number of ether oxygens (including phenoxy) is 2. The molecule has 4 N–H and O–H groups in total. The lowest BCUT2D eigenvalue weighted by Crippen LogP contribution is -2.47.